The molecule has 0 saturated heterocycles. The van der Waals surface area contributed by atoms with Crippen molar-refractivity contribution in [2.45, 2.75) is 24.3 Å². The van der Waals surface area contributed by atoms with Crippen LogP contribution < -0.4 is 5.32 Å². The zero-order valence-electron chi connectivity index (χ0n) is 12.0. The number of halogens is 1. The summed E-state index contributed by atoms with van der Waals surface area (Å²) >= 11 is 0. The molecule has 5 heteroatoms. The summed E-state index contributed by atoms with van der Waals surface area (Å²) in [4.78, 5) is 0.246. The fourth-order valence-corrected chi connectivity index (χ4v) is 2.84. The van der Waals surface area contributed by atoms with Crippen LogP contribution in [-0.2, 0) is 9.84 Å². The number of hydrogen-bond acceptors (Lipinski definition) is 3. The maximum atomic E-state index is 13.9. The molecular formula is C16H18FNO2S. The van der Waals surface area contributed by atoms with Gasteiger partial charge < -0.3 is 5.32 Å². The van der Waals surface area contributed by atoms with Crippen LogP contribution in [0.5, 0.6) is 0 Å². The predicted molar refractivity (Wildman–Crippen MR) is 82.6 cm³/mol. The SMILES string of the molecule is CCC(Nc1cccc(S(C)(=O)=O)c1)c1ccccc1F. The lowest BCUT2D eigenvalue weighted by Gasteiger charge is -2.19. The van der Waals surface area contributed by atoms with Crippen LogP contribution in [0, 0.1) is 5.82 Å². The van der Waals surface area contributed by atoms with Crippen molar-refractivity contribution in [3.63, 3.8) is 0 Å². The Morgan fingerprint density at radius 2 is 1.86 bits per heavy atom. The third kappa shape index (κ3) is 3.82. The first-order chi connectivity index (χ1) is 9.91. The Labute approximate surface area is 124 Å². The van der Waals surface area contributed by atoms with E-state index < -0.39 is 9.84 Å². The Kier molecular flexibility index (Phi) is 4.63. The first-order valence-corrected chi connectivity index (χ1v) is 8.62. The average molecular weight is 307 g/mol. The second kappa shape index (κ2) is 6.26. The van der Waals surface area contributed by atoms with Crippen LogP contribution in [0.3, 0.4) is 0 Å². The summed E-state index contributed by atoms with van der Waals surface area (Å²) in [7, 11) is -3.25. The highest BCUT2D eigenvalue weighted by atomic mass is 32.2. The topological polar surface area (TPSA) is 46.2 Å². The average Bonchev–Trinajstić information content (AvgIpc) is 2.45. The Balaban J connectivity index is 2.30. The second-order valence-corrected chi connectivity index (χ2v) is 6.94. The van der Waals surface area contributed by atoms with Crippen LogP contribution in [0.2, 0.25) is 0 Å². The summed E-state index contributed by atoms with van der Waals surface area (Å²) < 4.78 is 37.0. The maximum Gasteiger partial charge on any atom is 0.175 e. The predicted octanol–water partition coefficient (Wildman–Crippen LogP) is 3.79. The lowest BCUT2D eigenvalue weighted by molar-refractivity contribution is 0.587. The minimum atomic E-state index is -3.25. The van der Waals surface area contributed by atoms with Crippen LogP contribution in [0.1, 0.15) is 24.9 Å². The molecule has 0 radical (unpaired) electrons. The van der Waals surface area contributed by atoms with Gasteiger partial charge in [0.2, 0.25) is 0 Å². The minimum Gasteiger partial charge on any atom is -0.378 e. The Morgan fingerprint density at radius 1 is 1.14 bits per heavy atom. The molecule has 0 aliphatic heterocycles. The highest BCUT2D eigenvalue weighted by Crippen LogP contribution is 2.25. The molecule has 1 atom stereocenters. The molecule has 0 bridgehead atoms. The van der Waals surface area contributed by atoms with Gasteiger partial charge in [-0.3, -0.25) is 0 Å². The van der Waals surface area contributed by atoms with Crippen molar-refractivity contribution in [1.29, 1.82) is 0 Å². The number of nitrogens with one attached hydrogen (secondary N) is 1. The molecule has 0 aliphatic rings. The molecule has 0 heterocycles. The van der Waals surface area contributed by atoms with E-state index in [1.807, 2.05) is 6.92 Å². The van der Waals surface area contributed by atoms with Crippen LogP contribution >= 0.6 is 0 Å². The largest absolute Gasteiger partial charge is 0.378 e. The third-order valence-electron chi connectivity index (χ3n) is 3.29. The monoisotopic (exact) mass is 307 g/mol. The van der Waals surface area contributed by atoms with Crippen LogP contribution in [0.25, 0.3) is 0 Å². The Bertz CT molecular complexity index is 729. The molecular weight excluding hydrogens is 289 g/mol. The number of sulfone groups is 1. The van der Waals surface area contributed by atoms with E-state index in [1.54, 1.807) is 42.5 Å². The third-order valence-corrected chi connectivity index (χ3v) is 4.40. The molecule has 0 amide bonds. The number of hydrogen-bond donors (Lipinski definition) is 1. The summed E-state index contributed by atoms with van der Waals surface area (Å²) in [5.41, 5.74) is 1.23. The molecule has 0 aromatic heterocycles. The molecule has 0 fully saturated rings. The molecule has 0 saturated carbocycles. The second-order valence-electron chi connectivity index (χ2n) is 4.93. The molecule has 0 aliphatic carbocycles. The normalized spacial score (nSPS) is 12.9. The van der Waals surface area contributed by atoms with Crippen molar-refractivity contribution in [3.05, 3.63) is 59.9 Å². The quantitative estimate of drug-likeness (QED) is 0.914. The lowest BCUT2D eigenvalue weighted by atomic mass is 10.0. The summed E-state index contributed by atoms with van der Waals surface area (Å²) in [6.45, 7) is 1.95. The van der Waals surface area contributed by atoms with E-state index >= 15 is 0 Å². The highest BCUT2D eigenvalue weighted by molar-refractivity contribution is 7.90. The van der Waals surface area contributed by atoms with E-state index in [1.165, 1.54) is 12.3 Å². The Morgan fingerprint density at radius 3 is 2.48 bits per heavy atom. The van der Waals surface area contributed by atoms with Gasteiger partial charge in [0.15, 0.2) is 9.84 Å². The highest BCUT2D eigenvalue weighted by Gasteiger charge is 2.14. The molecule has 112 valence electrons. The first kappa shape index (κ1) is 15.5. The van der Waals surface area contributed by atoms with Gasteiger partial charge in [-0.2, -0.15) is 0 Å². The summed E-state index contributed by atoms with van der Waals surface area (Å²) in [6, 6.07) is 12.9. The van der Waals surface area contributed by atoms with Crippen molar-refractivity contribution in [2.24, 2.45) is 0 Å². The van der Waals surface area contributed by atoms with Crippen molar-refractivity contribution in [2.75, 3.05) is 11.6 Å². The molecule has 21 heavy (non-hydrogen) atoms. The smallest absolute Gasteiger partial charge is 0.175 e. The van der Waals surface area contributed by atoms with Gasteiger partial charge in [0.05, 0.1) is 10.9 Å². The first-order valence-electron chi connectivity index (χ1n) is 6.73. The van der Waals surface area contributed by atoms with Gasteiger partial charge >= 0.3 is 0 Å². The van der Waals surface area contributed by atoms with Crippen molar-refractivity contribution in [1.82, 2.24) is 0 Å². The van der Waals surface area contributed by atoms with Crippen LogP contribution in [0.4, 0.5) is 10.1 Å². The molecule has 1 N–H and O–H groups in total. The molecule has 2 aromatic rings. The molecule has 1 unspecified atom stereocenters. The molecule has 2 aromatic carbocycles. The fourth-order valence-electron chi connectivity index (χ4n) is 2.18. The number of rotatable bonds is 5. The van der Waals surface area contributed by atoms with E-state index in [2.05, 4.69) is 5.32 Å². The van der Waals surface area contributed by atoms with Crippen molar-refractivity contribution in [3.8, 4) is 0 Å². The number of benzene rings is 2. The van der Waals surface area contributed by atoms with Gasteiger partial charge in [-0.05, 0) is 30.7 Å². The zero-order valence-corrected chi connectivity index (χ0v) is 12.8. The summed E-state index contributed by atoms with van der Waals surface area (Å²) in [6.07, 6.45) is 1.85. The van der Waals surface area contributed by atoms with Crippen molar-refractivity contribution < 1.29 is 12.8 Å². The van der Waals surface area contributed by atoms with E-state index in [0.717, 1.165) is 0 Å². The Hall–Kier alpha value is -1.88. The summed E-state index contributed by atoms with van der Waals surface area (Å²) in [5, 5.41) is 3.19. The maximum absolute atomic E-state index is 13.9. The van der Waals surface area contributed by atoms with Crippen LogP contribution in [-0.4, -0.2) is 14.7 Å². The van der Waals surface area contributed by atoms with Crippen molar-refractivity contribution >= 4 is 15.5 Å². The molecule has 0 spiro atoms. The van der Waals surface area contributed by atoms with Gasteiger partial charge in [-0.25, -0.2) is 12.8 Å². The van der Waals surface area contributed by atoms with E-state index in [4.69, 9.17) is 0 Å². The van der Waals surface area contributed by atoms with E-state index in [9.17, 15) is 12.8 Å². The van der Waals surface area contributed by atoms with E-state index in [-0.39, 0.29) is 16.8 Å². The van der Waals surface area contributed by atoms with Gasteiger partial charge in [0, 0.05) is 17.5 Å². The standard InChI is InChI=1S/C16H18FNO2S/c1-3-16(14-9-4-5-10-15(14)17)18-12-7-6-8-13(11-12)21(2,19)20/h4-11,16,18H,3H2,1-2H3. The van der Waals surface area contributed by atoms with Gasteiger partial charge in [-0.15, -0.1) is 0 Å². The fraction of sp³-hybridized carbons (Fsp3) is 0.250. The summed E-state index contributed by atoms with van der Waals surface area (Å²) in [5.74, 6) is -0.267. The minimum absolute atomic E-state index is 0.207. The van der Waals surface area contributed by atoms with Gasteiger partial charge in [0.25, 0.3) is 0 Å². The van der Waals surface area contributed by atoms with Gasteiger partial charge in [0.1, 0.15) is 5.82 Å². The van der Waals surface area contributed by atoms with Crippen LogP contribution in [0.15, 0.2) is 53.4 Å². The lowest BCUT2D eigenvalue weighted by Crippen LogP contribution is -2.11. The molecule has 3 nitrogen and oxygen atoms in total. The van der Waals surface area contributed by atoms with E-state index in [0.29, 0.717) is 17.7 Å². The molecule has 2 rings (SSSR count). The number of anilines is 1. The zero-order chi connectivity index (χ0) is 15.5. The van der Waals surface area contributed by atoms with Gasteiger partial charge in [-0.1, -0.05) is 31.2 Å².